The molecule has 0 unspecified atom stereocenters. The number of carboxylic acids is 1. The summed E-state index contributed by atoms with van der Waals surface area (Å²) in [6.07, 6.45) is 19.3. The molecule has 0 radical (unpaired) electrons. The Morgan fingerprint density at radius 2 is 1.12 bits per heavy atom. The molecule has 0 saturated carbocycles. The van der Waals surface area contributed by atoms with Gasteiger partial charge in [-0.3, -0.25) is 19.2 Å². The predicted octanol–water partition coefficient (Wildman–Crippen LogP) is 8.57. The molecule has 222 valence electrons. The summed E-state index contributed by atoms with van der Waals surface area (Å²) in [6, 6.07) is 13.0. The third kappa shape index (κ3) is 15.0. The normalized spacial score (nSPS) is 11.0. The van der Waals surface area contributed by atoms with E-state index in [9.17, 15) is 19.2 Å². The largest absolute Gasteiger partial charge is 0.481 e. The van der Waals surface area contributed by atoms with Crippen LogP contribution in [-0.2, 0) is 9.59 Å². The lowest BCUT2D eigenvalue weighted by Gasteiger charge is -2.08. The molecule has 7 heteroatoms. The Morgan fingerprint density at radius 3 is 1.71 bits per heavy atom. The van der Waals surface area contributed by atoms with Crippen LogP contribution in [0.5, 0.6) is 0 Å². The Balaban J connectivity index is 1.59. The van der Waals surface area contributed by atoms with Crippen LogP contribution in [-0.4, -0.2) is 28.7 Å². The number of allylic oxidation sites excluding steroid dienone is 2. The Labute approximate surface area is 244 Å². The second-order valence-corrected chi connectivity index (χ2v) is 10.5. The number of benzene rings is 2. The summed E-state index contributed by atoms with van der Waals surface area (Å²) >= 11 is 0. The zero-order valence-electron chi connectivity index (χ0n) is 24.5. The lowest BCUT2D eigenvalue weighted by Crippen LogP contribution is -2.13. The zero-order chi connectivity index (χ0) is 29.7. The van der Waals surface area contributed by atoms with Gasteiger partial charge in [-0.15, -0.1) is 0 Å². The monoisotopic (exact) mass is 562 g/mol. The van der Waals surface area contributed by atoms with Crippen molar-refractivity contribution in [2.45, 2.75) is 103 Å². The molecule has 0 aliphatic carbocycles. The van der Waals surface area contributed by atoms with Gasteiger partial charge in [-0.05, 0) is 80.6 Å². The highest BCUT2D eigenvalue weighted by Crippen LogP contribution is 2.16. The number of hydrogen-bond acceptors (Lipinski definition) is 4. The zero-order valence-corrected chi connectivity index (χ0v) is 24.5. The summed E-state index contributed by atoms with van der Waals surface area (Å²) in [6.45, 7) is 2.25. The maximum absolute atomic E-state index is 12.6. The molecule has 3 N–H and O–H groups in total. The van der Waals surface area contributed by atoms with Crippen LogP contribution in [0, 0.1) is 0 Å². The maximum atomic E-state index is 12.6. The Hall–Kier alpha value is -3.74. The van der Waals surface area contributed by atoms with E-state index in [4.69, 9.17) is 5.11 Å². The third-order valence-electron chi connectivity index (χ3n) is 6.88. The molecule has 0 saturated heterocycles. The molecule has 0 aliphatic heterocycles. The van der Waals surface area contributed by atoms with Gasteiger partial charge in [0.15, 0.2) is 5.78 Å². The van der Waals surface area contributed by atoms with Crippen molar-refractivity contribution in [3.63, 3.8) is 0 Å². The first kappa shape index (κ1) is 33.5. The number of unbranched alkanes of at least 4 members (excludes halogenated alkanes) is 10. The summed E-state index contributed by atoms with van der Waals surface area (Å²) < 4.78 is 0. The lowest BCUT2D eigenvalue weighted by molar-refractivity contribution is -0.137. The summed E-state index contributed by atoms with van der Waals surface area (Å²) in [7, 11) is 0. The molecule has 41 heavy (non-hydrogen) atoms. The third-order valence-corrected chi connectivity index (χ3v) is 6.88. The number of Topliss-reactive ketones (excluding diaryl/α,β-unsaturated/α-hetero) is 1. The SMILES string of the molecule is CCCCCCCC/C=C/CCCCCCC(=O)Nc1ccc(C(=O)Nc2ccc(C(=O)CCC(=O)O)cc2)cc1. The van der Waals surface area contributed by atoms with Gasteiger partial charge in [0.2, 0.25) is 5.91 Å². The van der Waals surface area contributed by atoms with Crippen LogP contribution in [0.2, 0.25) is 0 Å². The Morgan fingerprint density at radius 1 is 0.610 bits per heavy atom. The van der Waals surface area contributed by atoms with Crippen molar-refractivity contribution >= 4 is 34.9 Å². The van der Waals surface area contributed by atoms with Gasteiger partial charge in [-0.1, -0.05) is 64.0 Å². The van der Waals surface area contributed by atoms with Crippen LogP contribution < -0.4 is 10.6 Å². The second kappa shape index (κ2) is 20.2. The molecule has 0 bridgehead atoms. The first-order valence-corrected chi connectivity index (χ1v) is 15.1. The quantitative estimate of drug-likeness (QED) is 0.0801. The van der Waals surface area contributed by atoms with Gasteiger partial charge in [-0.2, -0.15) is 0 Å². The van der Waals surface area contributed by atoms with E-state index in [1.807, 2.05) is 0 Å². The highest BCUT2D eigenvalue weighted by molar-refractivity contribution is 6.05. The number of carbonyl (C=O) groups is 4. The fraction of sp³-hybridized carbons (Fsp3) is 0.471. The number of ketones is 1. The molecule has 7 nitrogen and oxygen atoms in total. The van der Waals surface area contributed by atoms with E-state index < -0.39 is 5.97 Å². The molecule has 0 atom stereocenters. The van der Waals surface area contributed by atoms with Crippen LogP contribution in [0.1, 0.15) is 124 Å². The van der Waals surface area contributed by atoms with Crippen molar-refractivity contribution in [3.05, 3.63) is 71.8 Å². The molecule has 0 aromatic heterocycles. The van der Waals surface area contributed by atoms with Crippen molar-refractivity contribution in [1.29, 1.82) is 0 Å². The van der Waals surface area contributed by atoms with E-state index >= 15 is 0 Å². The maximum Gasteiger partial charge on any atom is 0.303 e. The Bertz CT molecular complexity index is 1110. The van der Waals surface area contributed by atoms with Crippen LogP contribution in [0.15, 0.2) is 60.7 Å². The molecule has 0 fully saturated rings. The molecular formula is C34H46N2O5. The van der Waals surface area contributed by atoms with E-state index in [1.165, 1.54) is 44.9 Å². The van der Waals surface area contributed by atoms with Crippen LogP contribution in [0.25, 0.3) is 0 Å². The number of anilines is 2. The van der Waals surface area contributed by atoms with Crippen LogP contribution in [0.4, 0.5) is 11.4 Å². The van der Waals surface area contributed by atoms with Crippen molar-refractivity contribution in [1.82, 2.24) is 0 Å². The van der Waals surface area contributed by atoms with Crippen molar-refractivity contribution in [3.8, 4) is 0 Å². The average molecular weight is 563 g/mol. The minimum Gasteiger partial charge on any atom is -0.481 e. The van der Waals surface area contributed by atoms with Crippen molar-refractivity contribution < 1.29 is 24.3 Å². The Kier molecular flexibility index (Phi) is 16.5. The summed E-state index contributed by atoms with van der Waals surface area (Å²) in [5.41, 5.74) is 2.00. The van der Waals surface area contributed by atoms with E-state index in [0.29, 0.717) is 28.9 Å². The van der Waals surface area contributed by atoms with E-state index in [2.05, 4.69) is 29.7 Å². The summed E-state index contributed by atoms with van der Waals surface area (Å²) in [5, 5.41) is 14.4. The molecule has 0 spiro atoms. The molecule has 2 amide bonds. The van der Waals surface area contributed by atoms with Gasteiger partial charge < -0.3 is 15.7 Å². The number of rotatable bonds is 21. The molecule has 0 heterocycles. The fourth-order valence-electron chi connectivity index (χ4n) is 4.42. The highest BCUT2D eigenvalue weighted by atomic mass is 16.4. The highest BCUT2D eigenvalue weighted by Gasteiger charge is 2.10. The molecule has 2 aromatic rings. The standard InChI is InChI=1S/C34H46N2O5/c1-2-3-4-5-6-7-8-9-10-11-12-13-14-15-16-32(38)35-29-23-19-28(20-24-29)34(41)36-30-21-17-27(18-22-30)31(37)25-26-33(39)40/h9-10,17-24H,2-8,11-16,25-26H2,1H3,(H,35,38)(H,36,41)(H,39,40)/b10-9+. The lowest BCUT2D eigenvalue weighted by atomic mass is 10.1. The average Bonchev–Trinajstić information content (AvgIpc) is 2.96. The molecular weight excluding hydrogens is 516 g/mol. The van der Waals surface area contributed by atoms with Crippen LogP contribution >= 0.6 is 0 Å². The predicted molar refractivity (Wildman–Crippen MR) is 166 cm³/mol. The van der Waals surface area contributed by atoms with Crippen LogP contribution in [0.3, 0.4) is 0 Å². The van der Waals surface area contributed by atoms with Gasteiger partial charge in [0.25, 0.3) is 5.91 Å². The van der Waals surface area contributed by atoms with Gasteiger partial charge in [0.05, 0.1) is 6.42 Å². The van der Waals surface area contributed by atoms with Crippen molar-refractivity contribution in [2.24, 2.45) is 0 Å². The number of nitrogens with one attached hydrogen (secondary N) is 2. The minimum atomic E-state index is -1.02. The van der Waals surface area contributed by atoms with Gasteiger partial charge in [0, 0.05) is 35.3 Å². The minimum absolute atomic E-state index is 0.0287. The number of amides is 2. The first-order chi connectivity index (χ1) is 19.9. The topological polar surface area (TPSA) is 113 Å². The molecule has 2 rings (SSSR count). The first-order valence-electron chi connectivity index (χ1n) is 15.1. The van der Waals surface area contributed by atoms with Gasteiger partial charge >= 0.3 is 5.97 Å². The smallest absolute Gasteiger partial charge is 0.303 e. The van der Waals surface area contributed by atoms with E-state index in [-0.39, 0.29) is 30.4 Å². The molecule has 0 aliphatic rings. The van der Waals surface area contributed by atoms with Gasteiger partial charge in [-0.25, -0.2) is 0 Å². The summed E-state index contributed by atoms with van der Waals surface area (Å²) in [4.78, 5) is 47.5. The number of aliphatic carboxylic acids is 1. The van der Waals surface area contributed by atoms with E-state index in [0.717, 1.165) is 32.1 Å². The number of hydrogen-bond donors (Lipinski definition) is 3. The van der Waals surface area contributed by atoms with Gasteiger partial charge in [0.1, 0.15) is 0 Å². The fourth-order valence-corrected chi connectivity index (χ4v) is 4.42. The second-order valence-electron chi connectivity index (χ2n) is 10.5. The van der Waals surface area contributed by atoms with E-state index in [1.54, 1.807) is 48.5 Å². The molecule has 2 aromatic carbocycles. The summed E-state index contributed by atoms with van der Waals surface area (Å²) in [5.74, 6) is -1.62. The number of carbonyl (C=O) groups excluding carboxylic acids is 3. The van der Waals surface area contributed by atoms with Crippen molar-refractivity contribution in [2.75, 3.05) is 10.6 Å². The number of carboxylic acid groups (broad SMARTS) is 1.